The highest BCUT2D eigenvalue weighted by molar-refractivity contribution is 8.05. The number of unbranched alkanes of at least 4 members (excludes halogenated alkanes) is 29. The number of benzene rings is 2. The SMILES string of the molecule is CCCCCCCCCCCCCCCCCCCCCCCCCCCCCCCCOS(=O)(=O)c1cccc2c1Sc1ccccc1S2. The molecule has 0 fully saturated rings. The zero-order chi connectivity index (χ0) is 35.4. The summed E-state index contributed by atoms with van der Waals surface area (Å²) in [6.07, 6.45) is 41.5. The number of rotatable bonds is 33. The Balaban J connectivity index is 1.01. The van der Waals surface area contributed by atoms with Crippen LogP contribution in [0.4, 0.5) is 0 Å². The lowest BCUT2D eigenvalue weighted by molar-refractivity contribution is 0.305. The van der Waals surface area contributed by atoms with Crippen molar-refractivity contribution in [3.63, 3.8) is 0 Å². The van der Waals surface area contributed by atoms with Crippen molar-refractivity contribution in [3.05, 3.63) is 42.5 Å². The van der Waals surface area contributed by atoms with Crippen LogP contribution >= 0.6 is 23.5 Å². The van der Waals surface area contributed by atoms with Crippen molar-refractivity contribution in [2.45, 2.75) is 224 Å². The second kappa shape index (κ2) is 28.5. The lowest BCUT2D eigenvalue weighted by atomic mass is 10.0. The number of hydrogen-bond donors (Lipinski definition) is 0. The Morgan fingerprint density at radius 2 is 0.760 bits per heavy atom. The minimum atomic E-state index is -3.77. The fourth-order valence-corrected chi connectivity index (χ4v) is 10.9. The lowest BCUT2D eigenvalue weighted by Crippen LogP contribution is -2.10. The van der Waals surface area contributed by atoms with E-state index in [2.05, 4.69) is 13.0 Å². The van der Waals surface area contributed by atoms with E-state index in [9.17, 15) is 8.42 Å². The van der Waals surface area contributed by atoms with Crippen LogP contribution in [-0.4, -0.2) is 15.0 Å². The molecule has 6 heteroatoms. The molecule has 0 unspecified atom stereocenters. The van der Waals surface area contributed by atoms with Gasteiger partial charge in [-0.25, -0.2) is 0 Å². The summed E-state index contributed by atoms with van der Waals surface area (Å²) in [5.41, 5.74) is 0. The second-order valence-corrected chi connectivity index (χ2v) is 18.5. The van der Waals surface area contributed by atoms with Gasteiger partial charge >= 0.3 is 0 Å². The molecular weight excluding hydrogens is 673 g/mol. The van der Waals surface area contributed by atoms with Crippen LogP contribution in [0.1, 0.15) is 200 Å². The molecule has 0 bridgehead atoms. The van der Waals surface area contributed by atoms with Crippen LogP contribution in [0, 0.1) is 0 Å². The number of hydrogen-bond acceptors (Lipinski definition) is 5. The van der Waals surface area contributed by atoms with Crippen molar-refractivity contribution in [2.75, 3.05) is 6.61 Å². The van der Waals surface area contributed by atoms with Crippen LogP contribution in [0.3, 0.4) is 0 Å². The van der Waals surface area contributed by atoms with Gasteiger partial charge in [-0.2, -0.15) is 8.42 Å². The third kappa shape index (κ3) is 19.2. The monoisotopic (exact) mass is 744 g/mol. The minimum absolute atomic E-state index is 0.264. The van der Waals surface area contributed by atoms with Crippen LogP contribution in [0.2, 0.25) is 0 Å². The van der Waals surface area contributed by atoms with Gasteiger partial charge in [-0.1, -0.05) is 235 Å². The van der Waals surface area contributed by atoms with Crippen molar-refractivity contribution >= 4 is 33.6 Å². The molecule has 3 nitrogen and oxygen atoms in total. The summed E-state index contributed by atoms with van der Waals surface area (Å²) in [6, 6.07) is 13.6. The summed E-state index contributed by atoms with van der Waals surface area (Å²) < 4.78 is 31.5. The van der Waals surface area contributed by atoms with Gasteiger partial charge in [0.05, 0.1) is 6.61 Å². The average Bonchev–Trinajstić information content (AvgIpc) is 3.12. The van der Waals surface area contributed by atoms with E-state index in [1.165, 1.54) is 190 Å². The van der Waals surface area contributed by atoms with Gasteiger partial charge in [0.2, 0.25) is 0 Å². The highest BCUT2D eigenvalue weighted by atomic mass is 32.2. The van der Waals surface area contributed by atoms with Crippen LogP contribution in [0.15, 0.2) is 66.9 Å². The van der Waals surface area contributed by atoms with Gasteiger partial charge in [0, 0.05) is 19.6 Å². The standard InChI is InChI=1S/C44H72O3S3/c1-2-3-4-5-6-7-8-9-10-11-12-13-14-15-16-17-18-19-20-21-22-23-24-25-26-27-28-29-30-33-39-47-50(45,46)43-38-34-37-42-44(43)49-41-36-32-31-35-40(41)48-42/h31-32,34-38H,2-30,33,39H2,1H3. The molecule has 0 saturated heterocycles. The lowest BCUT2D eigenvalue weighted by Gasteiger charge is -2.20. The normalized spacial score (nSPS) is 12.7. The van der Waals surface area contributed by atoms with Crippen LogP contribution < -0.4 is 0 Å². The first-order chi connectivity index (χ1) is 24.6. The van der Waals surface area contributed by atoms with Gasteiger partial charge in [0.15, 0.2) is 0 Å². The van der Waals surface area contributed by atoms with E-state index in [0.717, 1.165) is 33.9 Å². The smallest absolute Gasteiger partial charge is 0.266 e. The van der Waals surface area contributed by atoms with Gasteiger partial charge in [0.25, 0.3) is 10.1 Å². The van der Waals surface area contributed by atoms with Gasteiger partial charge in [0.1, 0.15) is 4.90 Å². The summed E-state index contributed by atoms with van der Waals surface area (Å²) in [7, 11) is -3.77. The van der Waals surface area contributed by atoms with Gasteiger partial charge < -0.3 is 0 Å². The molecule has 50 heavy (non-hydrogen) atoms. The Morgan fingerprint density at radius 1 is 0.420 bits per heavy atom. The van der Waals surface area contributed by atoms with Gasteiger partial charge in [-0.3, -0.25) is 4.18 Å². The molecule has 3 rings (SSSR count). The van der Waals surface area contributed by atoms with Crippen LogP contribution in [0.25, 0.3) is 0 Å². The van der Waals surface area contributed by atoms with Crippen LogP contribution in [0.5, 0.6) is 0 Å². The minimum Gasteiger partial charge on any atom is -0.266 e. The van der Waals surface area contributed by atoms with E-state index in [1.54, 1.807) is 17.8 Å². The summed E-state index contributed by atoms with van der Waals surface area (Å²) >= 11 is 3.16. The topological polar surface area (TPSA) is 43.4 Å². The van der Waals surface area contributed by atoms with Crippen LogP contribution in [-0.2, 0) is 14.3 Å². The molecule has 1 heterocycles. The summed E-state index contributed by atoms with van der Waals surface area (Å²) in [5, 5.41) is 0. The predicted octanol–water partition coefficient (Wildman–Crippen LogP) is 15.7. The second-order valence-electron chi connectivity index (χ2n) is 14.8. The van der Waals surface area contributed by atoms with Gasteiger partial charge in [-0.15, -0.1) is 0 Å². The third-order valence-corrected chi connectivity index (χ3v) is 14.3. The highest BCUT2D eigenvalue weighted by Gasteiger charge is 2.26. The maximum atomic E-state index is 13.0. The largest absolute Gasteiger partial charge is 0.298 e. The van der Waals surface area contributed by atoms with E-state index in [4.69, 9.17) is 4.18 Å². The van der Waals surface area contributed by atoms with Crippen molar-refractivity contribution in [3.8, 4) is 0 Å². The fourth-order valence-electron chi connectivity index (χ4n) is 7.08. The first kappa shape index (κ1) is 43.5. The fraction of sp³-hybridized carbons (Fsp3) is 0.727. The molecule has 1 aliphatic rings. The molecule has 284 valence electrons. The quantitative estimate of drug-likeness (QED) is 0.0459. The van der Waals surface area contributed by atoms with E-state index >= 15 is 0 Å². The molecule has 1 aliphatic heterocycles. The van der Waals surface area contributed by atoms with E-state index in [0.29, 0.717) is 4.90 Å². The average molecular weight is 745 g/mol. The first-order valence-electron chi connectivity index (χ1n) is 21.1. The molecule has 0 saturated carbocycles. The predicted molar refractivity (Wildman–Crippen MR) is 218 cm³/mol. The molecule has 0 amide bonds. The molecule has 0 aromatic heterocycles. The Labute approximate surface area is 317 Å². The Morgan fingerprint density at radius 3 is 1.16 bits per heavy atom. The number of fused-ring (bicyclic) bond motifs is 2. The Bertz CT molecular complexity index is 1230. The first-order valence-corrected chi connectivity index (χ1v) is 24.1. The van der Waals surface area contributed by atoms with Crippen molar-refractivity contribution < 1.29 is 12.6 Å². The zero-order valence-corrected chi connectivity index (χ0v) is 34.4. The third-order valence-electron chi connectivity index (χ3n) is 10.2. The molecule has 0 radical (unpaired) electrons. The highest BCUT2D eigenvalue weighted by Crippen LogP contribution is 2.50. The molecular formula is C44H72O3S3. The molecule has 0 aliphatic carbocycles. The molecule has 0 atom stereocenters. The summed E-state index contributed by atoms with van der Waals surface area (Å²) in [4.78, 5) is 4.33. The molecule has 2 aromatic rings. The Kier molecular flexibility index (Phi) is 24.8. The van der Waals surface area contributed by atoms with E-state index in [1.807, 2.05) is 30.3 Å². The molecule has 0 spiro atoms. The maximum absolute atomic E-state index is 13.0. The van der Waals surface area contributed by atoms with E-state index in [-0.39, 0.29) is 6.61 Å². The van der Waals surface area contributed by atoms with Gasteiger partial charge in [-0.05, 0) is 30.7 Å². The van der Waals surface area contributed by atoms with E-state index < -0.39 is 10.1 Å². The van der Waals surface area contributed by atoms with Crippen molar-refractivity contribution in [2.24, 2.45) is 0 Å². The molecule has 0 N–H and O–H groups in total. The summed E-state index contributed by atoms with van der Waals surface area (Å²) in [5.74, 6) is 0. The summed E-state index contributed by atoms with van der Waals surface area (Å²) in [6.45, 7) is 2.56. The Hall–Kier alpha value is -0.950. The van der Waals surface area contributed by atoms with Crippen molar-refractivity contribution in [1.82, 2.24) is 0 Å². The zero-order valence-electron chi connectivity index (χ0n) is 31.9. The van der Waals surface area contributed by atoms with Crippen molar-refractivity contribution in [1.29, 1.82) is 0 Å². The molecule has 2 aromatic carbocycles. The maximum Gasteiger partial charge on any atom is 0.298 e.